The van der Waals surface area contributed by atoms with Gasteiger partial charge in [-0.05, 0) is 42.4 Å². The molecule has 30 heavy (non-hydrogen) atoms. The third kappa shape index (κ3) is 8.91. The Bertz CT molecular complexity index is 741. The first-order valence-electron chi connectivity index (χ1n) is 9.95. The van der Waals surface area contributed by atoms with Gasteiger partial charge in [0.15, 0.2) is 0 Å². The molecule has 2 aromatic rings. The van der Waals surface area contributed by atoms with Gasteiger partial charge in [-0.3, -0.25) is 4.90 Å². The van der Waals surface area contributed by atoms with E-state index < -0.39 is 0 Å². The number of piperazine rings is 1. The Balaban J connectivity index is 0.00000225. The number of benzene rings is 2. The highest BCUT2D eigenvalue weighted by molar-refractivity contribution is 9.10. The Labute approximate surface area is 206 Å². The number of likely N-dealkylation sites (N-methyl/N-ethyl adjacent to an activating group) is 1. The van der Waals surface area contributed by atoms with Gasteiger partial charge in [-0.1, -0.05) is 46.6 Å². The molecule has 3 rings (SSSR count). The van der Waals surface area contributed by atoms with Gasteiger partial charge in [0.25, 0.3) is 0 Å². The van der Waals surface area contributed by atoms with Gasteiger partial charge in [0.1, 0.15) is 12.4 Å². The first-order chi connectivity index (χ1) is 13.6. The van der Waals surface area contributed by atoms with Crippen molar-refractivity contribution in [1.82, 2.24) is 15.1 Å². The molecule has 4 nitrogen and oxygen atoms in total. The van der Waals surface area contributed by atoms with E-state index in [9.17, 15) is 0 Å². The molecule has 0 unspecified atom stereocenters. The molecule has 1 aliphatic heterocycles. The standard InChI is InChI=1S/C22H29BrClN3O.2ClH/c1-2-26-11-13-27(14-12-26)10-9-25-16-19-15-20(23)5-8-22(19)28-17-18-3-6-21(24)7-4-18;;/h3-8,15,25H,2,9-14,16-17H2,1H3;2*1H. The van der Waals surface area contributed by atoms with Gasteiger partial charge >= 0.3 is 0 Å². The summed E-state index contributed by atoms with van der Waals surface area (Å²) in [6.45, 7) is 11.5. The average Bonchev–Trinajstić information content (AvgIpc) is 2.72. The Morgan fingerprint density at radius 2 is 1.67 bits per heavy atom. The summed E-state index contributed by atoms with van der Waals surface area (Å²) in [6, 6.07) is 14.0. The summed E-state index contributed by atoms with van der Waals surface area (Å²) in [4.78, 5) is 5.05. The zero-order valence-corrected chi connectivity index (χ0v) is 21.3. The van der Waals surface area contributed by atoms with E-state index in [-0.39, 0.29) is 24.8 Å². The number of ether oxygens (including phenoxy) is 1. The molecule has 2 aromatic carbocycles. The lowest BCUT2D eigenvalue weighted by Crippen LogP contribution is -2.47. The van der Waals surface area contributed by atoms with Crippen LogP contribution in [0.1, 0.15) is 18.1 Å². The molecule has 1 heterocycles. The predicted molar refractivity (Wildman–Crippen MR) is 135 cm³/mol. The minimum atomic E-state index is 0. The first kappa shape index (κ1) is 27.5. The molecule has 0 amide bonds. The maximum Gasteiger partial charge on any atom is 0.124 e. The van der Waals surface area contributed by atoms with Gasteiger partial charge in [-0.2, -0.15) is 0 Å². The third-order valence-corrected chi connectivity index (χ3v) is 5.91. The summed E-state index contributed by atoms with van der Waals surface area (Å²) in [6.07, 6.45) is 0. The lowest BCUT2D eigenvalue weighted by molar-refractivity contribution is 0.138. The van der Waals surface area contributed by atoms with E-state index >= 15 is 0 Å². The van der Waals surface area contributed by atoms with Crippen LogP contribution in [0.2, 0.25) is 5.02 Å². The predicted octanol–water partition coefficient (Wildman–Crippen LogP) is 5.25. The van der Waals surface area contributed by atoms with Crippen molar-refractivity contribution in [2.24, 2.45) is 0 Å². The number of halogens is 4. The minimum Gasteiger partial charge on any atom is -0.489 e. The van der Waals surface area contributed by atoms with Crippen LogP contribution >= 0.6 is 52.3 Å². The maximum atomic E-state index is 6.07. The van der Waals surface area contributed by atoms with Crippen LogP contribution in [0.4, 0.5) is 0 Å². The number of rotatable bonds is 9. The maximum absolute atomic E-state index is 6.07. The molecule has 0 atom stereocenters. The van der Waals surface area contributed by atoms with Crippen LogP contribution < -0.4 is 10.1 Å². The zero-order chi connectivity index (χ0) is 19.8. The van der Waals surface area contributed by atoms with Gasteiger partial charge < -0.3 is 15.0 Å². The quantitative estimate of drug-likeness (QED) is 0.441. The van der Waals surface area contributed by atoms with Crippen molar-refractivity contribution in [1.29, 1.82) is 0 Å². The lowest BCUT2D eigenvalue weighted by atomic mass is 10.2. The molecule has 0 spiro atoms. The Hall–Kier alpha value is -0.530. The van der Waals surface area contributed by atoms with Crippen LogP contribution in [0.25, 0.3) is 0 Å². The number of nitrogens with zero attached hydrogens (tertiary/aromatic N) is 2. The van der Waals surface area contributed by atoms with E-state index in [1.165, 1.54) is 31.7 Å². The van der Waals surface area contributed by atoms with Crippen molar-refractivity contribution in [2.75, 3.05) is 45.8 Å². The monoisotopic (exact) mass is 537 g/mol. The fraction of sp³-hybridized carbons (Fsp3) is 0.455. The molecular weight excluding hydrogens is 509 g/mol. The molecule has 0 radical (unpaired) electrons. The summed E-state index contributed by atoms with van der Waals surface area (Å²) in [5, 5.41) is 4.32. The SMILES string of the molecule is CCN1CCN(CCNCc2cc(Br)ccc2OCc2ccc(Cl)cc2)CC1.Cl.Cl. The Kier molecular flexibility index (Phi) is 13.3. The molecule has 0 aliphatic carbocycles. The van der Waals surface area contributed by atoms with Crippen molar-refractivity contribution in [3.05, 3.63) is 63.1 Å². The highest BCUT2D eigenvalue weighted by Crippen LogP contribution is 2.24. The Morgan fingerprint density at radius 1 is 1.00 bits per heavy atom. The minimum absolute atomic E-state index is 0. The van der Waals surface area contributed by atoms with Crippen molar-refractivity contribution >= 4 is 52.3 Å². The van der Waals surface area contributed by atoms with Crippen LogP contribution in [0, 0.1) is 0 Å². The Morgan fingerprint density at radius 3 is 2.33 bits per heavy atom. The van der Waals surface area contributed by atoms with E-state index in [0.717, 1.165) is 47.0 Å². The van der Waals surface area contributed by atoms with Crippen LogP contribution in [-0.4, -0.2) is 55.6 Å². The summed E-state index contributed by atoms with van der Waals surface area (Å²) in [5.41, 5.74) is 2.27. The van der Waals surface area contributed by atoms with Crippen LogP contribution in [0.5, 0.6) is 5.75 Å². The fourth-order valence-electron chi connectivity index (χ4n) is 3.36. The van der Waals surface area contributed by atoms with E-state index in [1.54, 1.807) is 0 Å². The summed E-state index contributed by atoms with van der Waals surface area (Å²) >= 11 is 9.53. The van der Waals surface area contributed by atoms with Gasteiger partial charge in [-0.15, -0.1) is 24.8 Å². The number of hydrogen-bond donors (Lipinski definition) is 1. The molecule has 0 saturated carbocycles. The van der Waals surface area contributed by atoms with Crippen molar-refractivity contribution in [2.45, 2.75) is 20.1 Å². The average molecular weight is 540 g/mol. The van der Waals surface area contributed by atoms with Gasteiger partial charge in [0, 0.05) is 60.9 Å². The zero-order valence-electron chi connectivity index (χ0n) is 17.3. The van der Waals surface area contributed by atoms with E-state index in [0.29, 0.717) is 6.61 Å². The summed E-state index contributed by atoms with van der Waals surface area (Å²) < 4.78 is 7.14. The van der Waals surface area contributed by atoms with Crippen molar-refractivity contribution in [3.63, 3.8) is 0 Å². The first-order valence-corrected chi connectivity index (χ1v) is 11.1. The largest absolute Gasteiger partial charge is 0.489 e. The third-order valence-electron chi connectivity index (χ3n) is 5.16. The van der Waals surface area contributed by atoms with Crippen LogP contribution in [-0.2, 0) is 13.2 Å². The summed E-state index contributed by atoms with van der Waals surface area (Å²) in [5.74, 6) is 0.919. The van der Waals surface area contributed by atoms with E-state index in [2.05, 4.69) is 44.0 Å². The topological polar surface area (TPSA) is 27.7 Å². The van der Waals surface area contributed by atoms with Crippen LogP contribution in [0.3, 0.4) is 0 Å². The van der Waals surface area contributed by atoms with Gasteiger partial charge in [0.2, 0.25) is 0 Å². The number of nitrogens with one attached hydrogen (secondary N) is 1. The molecule has 0 aromatic heterocycles. The second kappa shape index (κ2) is 14.5. The highest BCUT2D eigenvalue weighted by atomic mass is 79.9. The molecule has 1 aliphatic rings. The van der Waals surface area contributed by atoms with Gasteiger partial charge in [0.05, 0.1) is 0 Å². The van der Waals surface area contributed by atoms with E-state index in [4.69, 9.17) is 16.3 Å². The highest BCUT2D eigenvalue weighted by Gasteiger charge is 2.14. The fourth-order valence-corrected chi connectivity index (χ4v) is 3.89. The normalized spacial score (nSPS) is 14.6. The van der Waals surface area contributed by atoms with Crippen LogP contribution in [0.15, 0.2) is 46.9 Å². The molecule has 8 heteroatoms. The smallest absolute Gasteiger partial charge is 0.124 e. The lowest BCUT2D eigenvalue weighted by Gasteiger charge is -2.34. The number of hydrogen-bond acceptors (Lipinski definition) is 4. The molecule has 1 saturated heterocycles. The molecule has 0 bridgehead atoms. The molecular formula is C22H31BrCl3N3O. The molecule has 1 N–H and O–H groups in total. The molecule has 168 valence electrons. The second-order valence-electron chi connectivity index (χ2n) is 7.12. The second-order valence-corrected chi connectivity index (χ2v) is 8.47. The molecule has 1 fully saturated rings. The van der Waals surface area contributed by atoms with E-state index in [1.807, 2.05) is 36.4 Å². The van der Waals surface area contributed by atoms with Gasteiger partial charge in [-0.25, -0.2) is 0 Å². The van der Waals surface area contributed by atoms with Crippen molar-refractivity contribution in [3.8, 4) is 5.75 Å². The van der Waals surface area contributed by atoms with Crippen molar-refractivity contribution < 1.29 is 4.74 Å². The summed E-state index contributed by atoms with van der Waals surface area (Å²) in [7, 11) is 0.